The van der Waals surface area contributed by atoms with Crippen molar-refractivity contribution in [3.8, 4) is 0 Å². The zero-order valence-corrected chi connectivity index (χ0v) is 13.2. The van der Waals surface area contributed by atoms with Crippen LogP contribution in [0.15, 0.2) is 21.5 Å². The van der Waals surface area contributed by atoms with E-state index in [9.17, 15) is 17.6 Å². The lowest BCUT2D eigenvalue weighted by molar-refractivity contribution is 0.0905. The van der Waals surface area contributed by atoms with Crippen LogP contribution in [0.4, 0.5) is 4.39 Å². The topological polar surface area (TPSA) is 98.5 Å². The minimum absolute atomic E-state index is 0.141. The summed E-state index contributed by atoms with van der Waals surface area (Å²) in [7, 11) is -2.67. The molecule has 0 aliphatic carbocycles. The molecular formula is C11H14BrFN2O4S. The number of halogens is 2. The molecule has 1 atom stereocenters. The van der Waals surface area contributed by atoms with Crippen LogP contribution in [0.5, 0.6) is 0 Å². The minimum atomic E-state index is -4.14. The number of benzene rings is 1. The average Bonchev–Trinajstić information content (AvgIpc) is 2.30. The molecule has 1 rings (SSSR count). The molecule has 0 bridgehead atoms. The van der Waals surface area contributed by atoms with E-state index in [0.717, 1.165) is 12.1 Å². The highest BCUT2D eigenvalue weighted by Crippen LogP contribution is 2.25. The molecule has 1 unspecified atom stereocenters. The van der Waals surface area contributed by atoms with Gasteiger partial charge >= 0.3 is 0 Å². The third-order valence-electron chi connectivity index (χ3n) is 2.36. The van der Waals surface area contributed by atoms with Gasteiger partial charge in [0.2, 0.25) is 10.0 Å². The summed E-state index contributed by atoms with van der Waals surface area (Å²) in [5, 5.41) is 7.51. The first-order valence-electron chi connectivity index (χ1n) is 5.48. The first kappa shape index (κ1) is 17.0. The van der Waals surface area contributed by atoms with Crippen LogP contribution in [0.3, 0.4) is 0 Å². The van der Waals surface area contributed by atoms with Gasteiger partial charge in [0.25, 0.3) is 5.91 Å². The quantitative estimate of drug-likeness (QED) is 0.809. The Hall–Kier alpha value is -1.03. The molecular weight excluding hydrogens is 355 g/mol. The van der Waals surface area contributed by atoms with Gasteiger partial charge in [0.1, 0.15) is 5.82 Å². The van der Waals surface area contributed by atoms with Gasteiger partial charge in [0.15, 0.2) is 0 Å². The minimum Gasteiger partial charge on any atom is -0.383 e. The largest absolute Gasteiger partial charge is 0.383 e. The van der Waals surface area contributed by atoms with Crippen molar-refractivity contribution < 1.29 is 22.3 Å². The third-order valence-corrected chi connectivity index (χ3v) is 4.36. The van der Waals surface area contributed by atoms with Crippen LogP contribution in [0.25, 0.3) is 0 Å². The van der Waals surface area contributed by atoms with Gasteiger partial charge in [-0.25, -0.2) is 17.9 Å². The van der Waals surface area contributed by atoms with Crippen LogP contribution < -0.4 is 10.5 Å². The van der Waals surface area contributed by atoms with E-state index in [-0.39, 0.29) is 22.7 Å². The number of primary sulfonamides is 1. The highest BCUT2D eigenvalue weighted by atomic mass is 79.9. The van der Waals surface area contributed by atoms with Crippen molar-refractivity contribution in [3.63, 3.8) is 0 Å². The third kappa shape index (κ3) is 4.23. The monoisotopic (exact) mass is 368 g/mol. The predicted octanol–water partition coefficient (Wildman–Crippen LogP) is 1.00. The Balaban J connectivity index is 3.15. The Labute approximate surface area is 124 Å². The van der Waals surface area contributed by atoms with Gasteiger partial charge in [-0.1, -0.05) is 0 Å². The van der Waals surface area contributed by atoms with E-state index in [1.165, 1.54) is 7.11 Å². The molecule has 0 aliphatic rings. The van der Waals surface area contributed by atoms with Crippen molar-refractivity contribution in [1.29, 1.82) is 0 Å². The molecule has 0 aromatic heterocycles. The van der Waals surface area contributed by atoms with Crippen molar-refractivity contribution in [2.75, 3.05) is 13.7 Å². The Kier molecular flexibility index (Phi) is 5.63. The van der Waals surface area contributed by atoms with Crippen LogP contribution in [-0.4, -0.2) is 34.1 Å². The number of amides is 1. The number of methoxy groups -OCH3 is 1. The molecule has 0 saturated carbocycles. The molecule has 1 amide bonds. The molecule has 20 heavy (non-hydrogen) atoms. The van der Waals surface area contributed by atoms with E-state index in [2.05, 4.69) is 21.2 Å². The number of carbonyl (C=O) groups excluding carboxylic acids is 1. The summed E-state index contributed by atoms with van der Waals surface area (Å²) in [6, 6.07) is 1.63. The molecule has 0 radical (unpaired) electrons. The molecule has 0 heterocycles. The summed E-state index contributed by atoms with van der Waals surface area (Å²) in [6.45, 7) is 1.96. The summed E-state index contributed by atoms with van der Waals surface area (Å²) < 4.78 is 40.9. The summed E-state index contributed by atoms with van der Waals surface area (Å²) in [5.41, 5.74) is -0.141. The normalized spacial score (nSPS) is 13.1. The molecule has 3 N–H and O–H groups in total. The van der Waals surface area contributed by atoms with Gasteiger partial charge in [-0.05, 0) is 35.0 Å². The van der Waals surface area contributed by atoms with Gasteiger partial charge in [-0.15, -0.1) is 0 Å². The fourth-order valence-corrected chi connectivity index (χ4v) is 3.05. The van der Waals surface area contributed by atoms with Gasteiger partial charge < -0.3 is 10.1 Å². The predicted molar refractivity (Wildman–Crippen MR) is 74.3 cm³/mol. The lowest BCUT2D eigenvalue weighted by Gasteiger charge is -2.13. The fourth-order valence-electron chi connectivity index (χ4n) is 1.50. The van der Waals surface area contributed by atoms with Crippen LogP contribution in [0.2, 0.25) is 0 Å². The molecule has 0 fully saturated rings. The van der Waals surface area contributed by atoms with E-state index < -0.39 is 26.6 Å². The zero-order valence-electron chi connectivity index (χ0n) is 10.8. The maximum absolute atomic E-state index is 13.6. The van der Waals surface area contributed by atoms with Crippen molar-refractivity contribution in [2.24, 2.45) is 5.14 Å². The number of nitrogens with one attached hydrogen (secondary N) is 1. The van der Waals surface area contributed by atoms with Gasteiger partial charge in [0.05, 0.1) is 16.0 Å². The molecule has 0 aliphatic heterocycles. The average molecular weight is 369 g/mol. The maximum atomic E-state index is 13.6. The summed E-state index contributed by atoms with van der Waals surface area (Å²) in [5.74, 6) is -1.51. The Morgan fingerprint density at radius 3 is 2.65 bits per heavy atom. The second-order valence-corrected chi connectivity index (χ2v) is 6.47. The van der Waals surface area contributed by atoms with Crippen LogP contribution in [0.1, 0.15) is 17.3 Å². The van der Waals surface area contributed by atoms with E-state index in [0.29, 0.717) is 0 Å². The first-order chi connectivity index (χ1) is 9.16. The van der Waals surface area contributed by atoms with Gasteiger partial charge in [-0.3, -0.25) is 4.79 Å². The fraction of sp³-hybridized carbons (Fsp3) is 0.364. The smallest absolute Gasteiger partial charge is 0.251 e. The molecule has 1 aromatic rings. The maximum Gasteiger partial charge on any atom is 0.251 e. The molecule has 0 spiro atoms. The molecule has 112 valence electrons. The van der Waals surface area contributed by atoms with Crippen LogP contribution in [0, 0.1) is 5.82 Å². The number of hydrogen-bond acceptors (Lipinski definition) is 4. The molecule has 0 saturated heterocycles. The number of nitrogens with two attached hydrogens (primary N) is 1. The Morgan fingerprint density at radius 2 is 2.15 bits per heavy atom. The van der Waals surface area contributed by atoms with Crippen molar-refractivity contribution >= 4 is 31.9 Å². The summed E-state index contributed by atoms with van der Waals surface area (Å²) in [4.78, 5) is 11.4. The summed E-state index contributed by atoms with van der Waals surface area (Å²) >= 11 is 2.79. The molecule has 1 aromatic carbocycles. The van der Waals surface area contributed by atoms with Crippen LogP contribution in [-0.2, 0) is 14.8 Å². The first-order valence-corrected chi connectivity index (χ1v) is 7.82. The molecule has 9 heteroatoms. The van der Waals surface area contributed by atoms with E-state index >= 15 is 0 Å². The lowest BCUT2D eigenvalue weighted by Crippen LogP contribution is -2.35. The number of ether oxygens (including phenoxy) is 1. The van der Waals surface area contributed by atoms with Crippen molar-refractivity contribution in [2.45, 2.75) is 17.9 Å². The standard InChI is InChI=1S/C11H14BrFN2O4S/c1-6(5-19-2)15-11(16)7-3-8(13)10(12)9(4-7)20(14,17)18/h3-4,6H,5H2,1-2H3,(H,15,16)(H2,14,17,18). The second kappa shape index (κ2) is 6.61. The SMILES string of the molecule is COCC(C)NC(=O)c1cc(F)c(Br)c(S(N)(=O)=O)c1. The van der Waals surface area contributed by atoms with E-state index in [4.69, 9.17) is 9.88 Å². The highest BCUT2D eigenvalue weighted by molar-refractivity contribution is 9.10. The number of sulfonamides is 1. The van der Waals surface area contributed by atoms with Crippen molar-refractivity contribution in [1.82, 2.24) is 5.32 Å². The number of hydrogen-bond donors (Lipinski definition) is 2. The van der Waals surface area contributed by atoms with E-state index in [1.807, 2.05) is 0 Å². The van der Waals surface area contributed by atoms with Crippen molar-refractivity contribution in [3.05, 3.63) is 28.0 Å². The molecule has 6 nitrogen and oxygen atoms in total. The zero-order chi connectivity index (χ0) is 15.5. The Morgan fingerprint density at radius 1 is 1.55 bits per heavy atom. The Bertz CT molecular complexity index is 621. The second-order valence-electron chi connectivity index (χ2n) is 4.15. The number of rotatable bonds is 5. The van der Waals surface area contributed by atoms with Crippen LogP contribution >= 0.6 is 15.9 Å². The van der Waals surface area contributed by atoms with Gasteiger partial charge in [0, 0.05) is 18.7 Å². The lowest BCUT2D eigenvalue weighted by atomic mass is 10.2. The summed E-state index contributed by atoms with van der Waals surface area (Å²) in [6.07, 6.45) is 0. The van der Waals surface area contributed by atoms with Gasteiger partial charge in [-0.2, -0.15) is 0 Å². The highest BCUT2D eigenvalue weighted by Gasteiger charge is 2.20. The van der Waals surface area contributed by atoms with E-state index in [1.54, 1.807) is 6.92 Å². The number of carbonyl (C=O) groups is 1.